The van der Waals surface area contributed by atoms with E-state index in [1.807, 2.05) is 48.5 Å². The van der Waals surface area contributed by atoms with Crippen LogP contribution in [0.25, 0.3) is 11.1 Å². The number of carbonyl (C=O) groups is 1. The molecule has 0 heterocycles. The van der Waals surface area contributed by atoms with Crippen LogP contribution in [0.5, 0.6) is 0 Å². The number of aliphatic hydroxyl groups excluding tert-OH is 1. The van der Waals surface area contributed by atoms with E-state index in [1.54, 1.807) is 0 Å². The maximum atomic E-state index is 11.8. The summed E-state index contributed by atoms with van der Waals surface area (Å²) >= 11 is 1.50. The smallest absolute Gasteiger partial charge is 0.221 e. The van der Waals surface area contributed by atoms with Crippen LogP contribution in [0.1, 0.15) is 79.6 Å². The second kappa shape index (κ2) is 14.5. The fourth-order valence-electron chi connectivity index (χ4n) is 4.41. The minimum absolute atomic E-state index is 0.0967. The zero-order valence-corrected chi connectivity index (χ0v) is 22.0. The molecule has 0 aliphatic rings. The van der Waals surface area contributed by atoms with E-state index in [2.05, 4.69) is 33.0 Å². The molecular weight excluding hydrogens is 426 g/mol. The molecule has 1 amide bonds. The fraction of sp³-hybridized carbons (Fsp3) is 0.552. The van der Waals surface area contributed by atoms with Gasteiger partial charge in [0.2, 0.25) is 5.91 Å². The molecule has 4 heteroatoms. The number of aliphatic hydroxyl groups is 1. The summed E-state index contributed by atoms with van der Waals surface area (Å²) in [5, 5.41) is 14.1. The second-order valence-corrected chi connectivity index (χ2v) is 10.8. The predicted octanol–water partition coefficient (Wildman–Crippen LogP) is 8.38. The normalized spacial score (nSPS) is 15.0. The quantitative estimate of drug-likeness (QED) is 0.166. The summed E-state index contributed by atoms with van der Waals surface area (Å²) in [6, 6.07) is 16.0. The van der Waals surface area contributed by atoms with Gasteiger partial charge in [0.1, 0.15) is 5.44 Å². The Labute approximate surface area is 205 Å². The highest BCUT2D eigenvalue weighted by Crippen LogP contribution is 2.41. The topological polar surface area (TPSA) is 49.3 Å². The van der Waals surface area contributed by atoms with Crippen molar-refractivity contribution in [3.63, 3.8) is 0 Å². The Morgan fingerprint density at radius 2 is 1.67 bits per heavy atom. The van der Waals surface area contributed by atoms with E-state index in [0.717, 1.165) is 28.1 Å². The van der Waals surface area contributed by atoms with Crippen LogP contribution in [0, 0.1) is 17.8 Å². The first-order valence-electron chi connectivity index (χ1n) is 12.6. The third-order valence-electron chi connectivity index (χ3n) is 6.57. The van der Waals surface area contributed by atoms with Gasteiger partial charge >= 0.3 is 0 Å². The van der Waals surface area contributed by atoms with Crippen molar-refractivity contribution in [2.45, 2.75) is 89.9 Å². The molecule has 2 aromatic rings. The summed E-state index contributed by atoms with van der Waals surface area (Å²) in [6.45, 7) is 10.6. The van der Waals surface area contributed by atoms with Crippen LogP contribution >= 0.6 is 11.8 Å². The number of thioether (sulfide) groups is 1. The molecule has 0 radical (unpaired) electrons. The largest absolute Gasteiger partial charge is 0.382 e. The number of hydrogen-bond acceptors (Lipinski definition) is 3. The molecule has 2 rings (SSSR count). The van der Waals surface area contributed by atoms with Gasteiger partial charge in [0.05, 0.1) is 0 Å². The highest BCUT2D eigenvalue weighted by molar-refractivity contribution is 7.99. The number of unbranched alkanes of at least 4 members (excludes halogenated alkanes) is 4. The van der Waals surface area contributed by atoms with Crippen LogP contribution < -0.4 is 5.32 Å². The van der Waals surface area contributed by atoms with Crippen molar-refractivity contribution >= 4 is 23.4 Å². The minimum atomic E-state index is -0.508. The van der Waals surface area contributed by atoms with Gasteiger partial charge in [0, 0.05) is 23.1 Å². The number of benzene rings is 2. The molecule has 33 heavy (non-hydrogen) atoms. The Kier molecular flexibility index (Phi) is 12.0. The molecule has 182 valence electrons. The molecule has 4 atom stereocenters. The van der Waals surface area contributed by atoms with Crippen molar-refractivity contribution in [2.24, 2.45) is 17.8 Å². The Morgan fingerprint density at radius 1 is 0.970 bits per heavy atom. The van der Waals surface area contributed by atoms with Gasteiger partial charge in [-0.3, -0.25) is 4.79 Å². The highest BCUT2D eigenvalue weighted by atomic mass is 32.2. The van der Waals surface area contributed by atoms with Crippen LogP contribution in [-0.4, -0.2) is 16.4 Å². The average Bonchev–Trinajstić information content (AvgIpc) is 2.78. The number of carbonyl (C=O) groups excluding carboxylic acids is 1. The van der Waals surface area contributed by atoms with Crippen LogP contribution in [0.2, 0.25) is 0 Å². The van der Waals surface area contributed by atoms with Gasteiger partial charge in [-0.15, -0.1) is 0 Å². The van der Waals surface area contributed by atoms with Gasteiger partial charge < -0.3 is 10.4 Å². The SMILES string of the molecule is CCCCCCC[C@H](C)C[C@H](C)[C@H](C)[C@@H](O)Sc1cccc(NC(C)=O)c1-c1ccccc1. The highest BCUT2D eigenvalue weighted by Gasteiger charge is 2.25. The number of anilines is 1. The molecule has 0 aliphatic heterocycles. The Bertz CT molecular complexity index is 839. The monoisotopic (exact) mass is 469 g/mol. The first-order chi connectivity index (χ1) is 15.8. The summed E-state index contributed by atoms with van der Waals surface area (Å²) in [4.78, 5) is 12.8. The lowest BCUT2D eigenvalue weighted by Gasteiger charge is -2.28. The van der Waals surface area contributed by atoms with Crippen molar-refractivity contribution < 1.29 is 9.90 Å². The van der Waals surface area contributed by atoms with Crippen molar-refractivity contribution in [1.29, 1.82) is 0 Å². The van der Waals surface area contributed by atoms with Crippen LogP contribution in [-0.2, 0) is 4.79 Å². The molecule has 0 bridgehead atoms. The molecule has 0 aliphatic carbocycles. The maximum absolute atomic E-state index is 11.8. The van der Waals surface area contributed by atoms with Crippen molar-refractivity contribution in [3.8, 4) is 11.1 Å². The van der Waals surface area contributed by atoms with Gasteiger partial charge in [-0.25, -0.2) is 0 Å². The molecule has 0 saturated carbocycles. The Hall–Kier alpha value is -1.78. The Morgan fingerprint density at radius 3 is 2.33 bits per heavy atom. The maximum Gasteiger partial charge on any atom is 0.221 e. The van der Waals surface area contributed by atoms with E-state index < -0.39 is 5.44 Å². The first-order valence-corrected chi connectivity index (χ1v) is 13.5. The van der Waals surface area contributed by atoms with E-state index in [4.69, 9.17) is 0 Å². The number of rotatable bonds is 14. The average molecular weight is 470 g/mol. The van der Waals surface area contributed by atoms with Crippen LogP contribution in [0.3, 0.4) is 0 Å². The lowest BCUT2D eigenvalue weighted by Crippen LogP contribution is -2.22. The van der Waals surface area contributed by atoms with Crippen LogP contribution in [0.15, 0.2) is 53.4 Å². The zero-order valence-electron chi connectivity index (χ0n) is 21.1. The van der Waals surface area contributed by atoms with Gasteiger partial charge in [-0.2, -0.15) is 0 Å². The van der Waals surface area contributed by atoms with Crippen molar-refractivity contribution in [2.75, 3.05) is 5.32 Å². The summed E-state index contributed by atoms with van der Waals surface area (Å²) < 4.78 is 0. The van der Waals surface area contributed by atoms with Gasteiger partial charge in [0.15, 0.2) is 0 Å². The van der Waals surface area contributed by atoms with Crippen molar-refractivity contribution in [1.82, 2.24) is 0 Å². The van der Waals surface area contributed by atoms with E-state index >= 15 is 0 Å². The lowest BCUT2D eigenvalue weighted by molar-refractivity contribution is -0.114. The second-order valence-electron chi connectivity index (χ2n) is 9.61. The van der Waals surface area contributed by atoms with E-state index in [9.17, 15) is 9.90 Å². The minimum Gasteiger partial charge on any atom is -0.382 e. The molecule has 0 saturated heterocycles. The fourth-order valence-corrected chi connectivity index (χ4v) is 5.65. The lowest BCUT2D eigenvalue weighted by atomic mass is 9.85. The van der Waals surface area contributed by atoms with E-state index in [1.165, 1.54) is 57.2 Å². The summed E-state index contributed by atoms with van der Waals surface area (Å²) in [6.07, 6.45) is 9.07. The number of nitrogens with one attached hydrogen (secondary N) is 1. The molecule has 2 N–H and O–H groups in total. The standard InChI is InChI=1S/C29H43NO2S/c1-6-7-8-9-11-15-21(2)20-22(3)23(4)29(32)33-27-19-14-18-26(30-24(5)31)28(27)25-16-12-10-13-17-25/h10,12-14,16-19,21-23,29,32H,6-9,11,15,20H2,1-5H3,(H,30,31)/t21-,22-,23-,29-/m0/s1. The molecule has 2 aromatic carbocycles. The Balaban J connectivity index is 2.06. The number of hydrogen-bond donors (Lipinski definition) is 2. The summed E-state index contributed by atoms with van der Waals surface area (Å²) in [7, 11) is 0. The van der Waals surface area contributed by atoms with Crippen LogP contribution in [0.4, 0.5) is 5.69 Å². The number of amides is 1. The van der Waals surface area contributed by atoms with Gasteiger partial charge in [-0.1, -0.05) is 114 Å². The van der Waals surface area contributed by atoms with E-state index in [0.29, 0.717) is 11.8 Å². The summed E-state index contributed by atoms with van der Waals surface area (Å²) in [5.74, 6) is 1.20. The van der Waals surface area contributed by atoms with Gasteiger partial charge in [0.25, 0.3) is 0 Å². The molecule has 3 nitrogen and oxygen atoms in total. The predicted molar refractivity (Wildman–Crippen MR) is 144 cm³/mol. The molecule has 0 unspecified atom stereocenters. The third kappa shape index (κ3) is 9.17. The van der Waals surface area contributed by atoms with Crippen molar-refractivity contribution in [3.05, 3.63) is 48.5 Å². The molecular formula is C29H43NO2S. The summed E-state index contributed by atoms with van der Waals surface area (Å²) in [5.41, 5.74) is 2.28. The van der Waals surface area contributed by atoms with E-state index in [-0.39, 0.29) is 11.8 Å². The molecule has 0 spiro atoms. The first kappa shape index (κ1) is 27.5. The third-order valence-corrected chi connectivity index (χ3v) is 7.83. The molecule has 0 aromatic heterocycles. The zero-order chi connectivity index (χ0) is 24.2. The molecule has 0 fully saturated rings. The van der Waals surface area contributed by atoms with Gasteiger partial charge in [-0.05, 0) is 41.9 Å².